The Bertz CT molecular complexity index is 456. The largest absolute Gasteiger partial charge is 0.398 e. The maximum Gasteiger partial charge on any atom is 0.195 e. The first-order valence-corrected chi connectivity index (χ1v) is 5.64. The highest BCUT2D eigenvalue weighted by Crippen LogP contribution is 2.18. The molecule has 0 bridgehead atoms. The molecule has 0 amide bonds. The molecule has 0 aromatic carbocycles. The molecule has 6 heteroatoms. The first-order chi connectivity index (χ1) is 7.31. The molecule has 0 aliphatic heterocycles. The van der Waals surface area contributed by atoms with Crippen LogP contribution in [0.1, 0.15) is 6.42 Å². The zero-order valence-corrected chi connectivity index (χ0v) is 8.94. The third kappa shape index (κ3) is 2.21. The Balaban J connectivity index is 2.23. The second-order valence-corrected chi connectivity index (χ2v) is 4.16. The van der Waals surface area contributed by atoms with E-state index >= 15 is 0 Å². The molecule has 0 atom stereocenters. The highest BCUT2D eigenvalue weighted by atomic mass is 32.2. The van der Waals surface area contributed by atoms with Crippen LogP contribution in [0.5, 0.6) is 0 Å². The van der Waals surface area contributed by atoms with Crippen LogP contribution in [0.3, 0.4) is 0 Å². The van der Waals surface area contributed by atoms with E-state index in [0.717, 1.165) is 23.0 Å². The second kappa shape index (κ2) is 4.50. The Hall–Kier alpha value is -1.27. The Morgan fingerprint density at radius 1 is 1.40 bits per heavy atom. The summed E-state index contributed by atoms with van der Waals surface area (Å²) in [5, 5.41) is 17.5. The van der Waals surface area contributed by atoms with Crippen molar-refractivity contribution in [2.45, 2.75) is 11.6 Å². The van der Waals surface area contributed by atoms with Gasteiger partial charge in [-0.05, 0) is 18.6 Å². The zero-order valence-electron chi connectivity index (χ0n) is 8.13. The van der Waals surface area contributed by atoms with Gasteiger partial charge in [0.25, 0.3) is 0 Å². The molecule has 80 valence electrons. The molecule has 0 saturated heterocycles. The number of aliphatic hydroxyl groups is 1. The van der Waals surface area contributed by atoms with E-state index < -0.39 is 0 Å². The molecule has 0 saturated carbocycles. The molecule has 0 aliphatic rings. The summed E-state index contributed by atoms with van der Waals surface area (Å²) in [7, 11) is 0. The molecule has 0 aliphatic carbocycles. The number of nitrogens with two attached hydrogens (primary N) is 1. The lowest BCUT2D eigenvalue weighted by atomic mass is 10.4. The highest BCUT2D eigenvalue weighted by Gasteiger charge is 2.05. The summed E-state index contributed by atoms with van der Waals surface area (Å²) in [6.07, 6.45) is 2.55. The minimum atomic E-state index is 0.200. The van der Waals surface area contributed by atoms with Crippen LogP contribution < -0.4 is 5.73 Å². The first kappa shape index (κ1) is 10.3. The van der Waals surface area contributed by atoms with E-state index in [2.05, 4.69) is 10.2 Å². The lowest BCUT2D eigenvalue weighted by molar-refractivity contribution is 0.296. The van der Waals surface area contributed by atoms with Gasteiger partial charge in [0.2, 0.25) is 0 Å². The van der Waals surface area contributed by atoms with Gasteiger partial charge >= 0.3 is 0 Å². The number of rotatable bonds is 4. The molecule has 0 radical (unpaired) electrons. The fourth-order valence-corrected chi connectivity index (χ4v) is 2.05. The maximum atomic E-state index is 8.68. The number of hydrogen-bond donors (Lipinski definition) is 2. The average molecular weight is 224 g/mol. The van der Waals surface area contributed by atoms with Crippen molar-refractivity contribution in [3.8, 4) is 0 Å². The lowest BCUT2D eigenvalue weighted by Gasteiger charge is -1.99. The molecule has 5 nitrogen and oxygen atoms in total. The summed E-state index contributed by atoms with van der Waals surface area (Å²) < 4.78 is 1.86. The third-order valence-corrected chi connectivity index (χ3v) is 2.96. The number of thioether (sulfide) groups is 1. The van der Waals surface area contributed by atoms with Crippen LogP contribution in [0.15, 0.2) is 23.5 Å². The molecule has 0 unspecified atom stereocenters. The van der Waals surface area contributed by atoms with Gasteiger partial charge in [-0.1, -0.05) is 11.8 Å². The molecule has 2 aromatic rings. The Morgan fingerprint density at radius 3 is 3.07 bits per heavy atom. The van der Waals surface area contributed by atoms with Crippen LogP contribution in [-0.2, 0) is 0 Å². The van der Waals surface area contributed by atoms with Crippen LogP contribution in [0, 0.1) is 0 Å². The number of pyridine rings is 1. The normalized spacial score (nSPS) is 11.0. The Labute approximate surface area is 91.3 Å². The quantitative estimate of drug-likeness (QED) is 0.593. The summed E-state index contributed by atoms with van der Waals surface area (Å²) >= 11 is 1.56. The molecular weight excluding hydrogens is 212 g/mol. The predicted octanol–water partition coefficient (Wildman–Crippen LogP) is 0.786. The molecule has 2 aromatic heterocycles. The van der Waals surface area contributed by atoms with E-state index in [9.17, 15) is 0 Å². The topological polar surface area (TPSA) is 76.4 Å². The van der Waals surface area contributed by atoms with Crippen molar-refractivity contribution in [3.63, 3.8) is 0 Å². The molecule has 0 spiro atoms. The van der Waals surface area contributed by atoms with E-state index in [1.165, 1.54) is 0 Å². The van der Waals surface area contributed by atoms with Crippen molar-refractivity contribution >= 4 is 23.1 Å². The molecule has 2 rings (SSSR count). The smallest absolute Gasteiger partial charge is 0.195 e. The predicted molar refractivity (Wildman–Crippen MR) is 59.8 cm³/mol. The van der Waals surface area contributed by atoms with Crippen molar-refractivity contribution in [2.24, 2.45) is 0 Å². The van der Waals surface area contributed by atoms with Crippen LogP contribution >= 0.6 is 11.8 Å². The van der Waals surface area contributed by atoms with Gasteiger partial charge in [-0.25, -0.2) is 0 Å². The van der Waals surface area contributed by atoms with Gasteiger partial charge < -0.3 is 10.8 Å². The average Bonchev–Trinajstić information content (AvgIpc) is 2.62. The van der Waals surface area contributed by atoms with Crippen LogP contribution in [0.4, 0.5) is 5.69 Å². The molecule has 0 fully saturated rings. The number of anilines is 1. The fourth-order valence-electron chi connectivity index (χ4n) is 1.21. The molecule has 2 heterocycles. The van der Waals surface area contributed by atoms with Gasteiger partial charge in [0.15, 0.2) is 10.8 Å². The van der Waals surface area contributed by atoms with E-state index in [0.29, 0.717) is 5.69 Å². The van der Waals surface area contributed by atoms with E-state index in [-0.39, 0.29) is 6.61 Å². The monoisotopic (exact) mass is 224 g/mol. The van der Waals surface area contributed by atoms with Gasteiger partial charge in [-0.15, -0.1) is 10.2 Å². The summed E-state index contributed by atoms with van der Waals surface area (Å²) in [6, 6.07) is 3.63. The standard InChI is InChI=1S/C9H12N4OS/c10-7-2-3-8-11-12-9(13(8)6-7)15-5-1-4-14/h2-3,6,14H,1,4-5,10H2. The summed E-state index contributed by atoms with van der Waals surface area (Å²) in [5.41, 5.74) is 7.16. The number of fused-ring (bicyclic) bond motifs is 1. The van der Waals surface area contributed by atoms with Gasteiger partial charge in [-0.3, -0.25) is 4.40 Å². The van der Waals surface area contributed by atoms with Crippen LogP contribution in [0.25, 0.3) is 5.65 Å². The van der Waals surface area contributed by atoms with E-state index in [1.807, 2.05) is 10.5 Å². The van der Waals surface area contributed by atoms with Crippen molar-refractivity contribution in [3.05, 3.63) is 18.3 Å². The van der Waals surface area contributed by atoms with Crippen molar-refractivity contribution in [1.82, 2.24) is 14.6 Å². The Kier molecular flexibility index (Phi) is 3.08. The number of nitrogens with zero attached hydrogens (tertiary/aromatic N) is 3. The minimum Gasteiger partial charge on any atom is -0.398 e. The molecule has 15 heavy (non-hydrogen) atoms. The minimum absolute atomic E-state index is 0.200. The van der Waals surface area contributed by atoms with Gasteiger partial charge in [0.1, 0.15) is 0 Å². The first-order valence-electron chi connectivity index (χ1n) is 4.65. The van der Waals surface area contributed by atoms with Gasteiger partial charge in [-0.2, -0.15) is 0 Å². The summed E-state index contributed by atoms with van der Waals surface area (Å²) in [5.74, 6) is 0.825. The van der Waals surface area contributed by atoms with Crippen molar-refractivity contribution < 1.29 is 5.11 Å². The van der Waals surface area contributed by atoms with Gasteiger partial charge in [0.05, 0.1) is 0 Å². The number of nitrogen functional groups attached to an aromatic ring is 1. The van der Waals surface area contributed by atoms with Gasteiger partial charge in [0, 0.05) is 24.2 Å². The summed E-state index contributed by atoms with van der Waals surface area (Å²) in [4.78, 5) is 0. The Morgan fingerprint density at radius 2 is 2.27 bits per heavy atom. The molecule has 3 N–H and O–H groups in total. The molecular formula is C9H12N4OS. The zero-order chi connectivity index (χ0) is 10.7. The van der Waals surface area contributed by atoms with E-state index in [1.54, 1.807) is 24.0 Å². The fraction of sp³-hybridized carbons (Fsp3) is 0.333. The lowest BCUT2D eigenvalue weighted by Crippen LogP contribution is -1.93. The maximum absolute atomic E-state index is 8.68. The van der Waals surface area contributed by atoms with Crippen molar-refractivity contribution in [2.75, 3.05) is 18.1 Å². The third-order valence-electron chi connectivity index (χ3n) is 1.93. The number of aliphatic hydroxyl groups excluding tert-OH is 1. The highest BCUT2D eigenvalue weighted by molar-refractivity contribution is 7.99. The number of aromatic nitrogens is 3. The SMILES string of the molecule is Nc1ccc2nnc(SCCCO)n2c1. The van der Waals surface area contributed by atoms with Crippen molar-refractivity contribution in [1.29, 1.82) is 0 Å². The van der Waals surface area contributed by atoms with E-state index in [4.69, 9.17) is 10.8 Å². The second-order valence-electron chi connectivity index (χ2n) is 3.10. The van der Waals surface area contributed by atoms with Crippen LogP contribution in [-0.4, -0.2) is 32.1 Å². The number of hydrogen-bond acceptors (Lipinski definition) is 5. The summed E-state index contributed by atoms with van der Waals surface area (Å²) in [6.45, 7) is 0.200. The van der Waals surface area contributed by atoms with Crippen LogP contribution in [0.2, 0.25) is 0 Å².